The first kappa shape index (κ1) is 13.8. The molecule has 1 saturated heterocycles. The molecule has 0 aromatic heterocycles. The average molecular weight is 275 g/mol. The fourth-order valence-electron chi connectivity index (χ4n) is 1.79. The first-order valence-corrected chi connectivity index (χ1v) is 7.30. The Morgan fingerprint density at radius 2 is 2.05 bits per heavy atom. The molecule has 1 atom stereocenters. The van der Waals surface area contributed by atoms with Gasteiger partial charge in [-0.2, -0.15) is 5.10 Å². The van der Waals surface area contributed by atoms with Gasteiger partial charge in [-0.15, -0.1) is 5.10 Å². The summed E-state index contributed by atoms with van der Waals surface area (Å²) in [4.78, 5) is 11.5. The fourth-order valence-corrected chi connectivity index (χ4v) is 2.64. The molecule has 0 unspecified atom stereocenters. The third-order valence-corrected chi connectivity index (χ3v) is 4.09. The summed E-state index contributed by atoms with van der Waals surface area (Å²) in [7, 11) is 0. The molecule has 1 fully saturated rings. The van der Waals surface area contributed by atoms with Crippen LogP contribution in [0.15, 0.2) is 40.5 Å². The normalized spacial score (nSPS) is 21.8. The SMILES string of the molecule is CC/C(=N\N=C1\NC(=O)[C@H](CC)S1)c1ccccc1. The van der Waals surface area contributed by atoms with Crippen molar-refractivity contribution in [3.8, 4) is 0 Å². The van der Waals surface area contributed by atoms with Crippen molar-refractivity contribution in [1.82, 2.24) is 5.32 Å². The summed E-state index contributed by atoms with van der Waals surface area (Å²) < 4.78 is 0. The second-order valence-electron chi connectivity index (χ2n) is 4.18. The molecule has 5 heteroatoms. The Morgan fingerprint density at radius 1 is 1.32 bits per heavy atom. The zero-order valence-electron chi connectivity index (χ0n) is 11.1. The molecule has 1 aliphatic rings. The summed E-state index contributed by atoms with van der Waals surface area (Å²) in [6, 6.07) is 9.96. The molecule has 1 heterocycles. The maximum atomic E-state index is 11.5. The average Bonchev–Trinajstić information content (AvgIpc) is 2.81. The Kier molecular flexibility index (Phi) is 4.74. The van der Waals surface area contributed by atoms with Crippen molar-refractivity contribution in [3.05, 3.63) is 35.9 Å². The van der Waals surface area contributed by atoms with Crippen molar-refractivity contribution in [2.75, 3.05) is 0 Å². The number of rotatable bonds is 4. The van der Waals surface area contributed by atoms with Gasteiger partial charge >= 0.3 is 0 Å². The molecule has 4 nitrogen and oxygen atoms in total. The van der Waals surface area contributed by atoms with Gasteiger partial charge < -0.3 is 5.32 Å². The first-order valence-electron chi connectivity index (χ1n) is 6.42. The highest BCUT2D eigenvalue weighted by molar-refractivity contribution is 8.15. The van der Waals surface area contributed by atoms with Gasteiger partial charge in [0.2, 0.25) is 5.91 Å². The molecule has 100 valence electrons. The standard InChI is InChI=1S/C14H17N3OS/c1-3-11(10-8-6-5-7-9-10)16-17-14-15-13(18)12(4-2)19-14/h5-9,12H,3-4H2,1-2H3,(H,15,17,18)/b16-11+/t12-/m0/s1. The Balaban J connectivity index is 2.15. The van der Waals surface area contributed by atoms with E-state index in [1.165, 1.54) is 11.8 Å². The molecule has 0 saturated carbocycles. The molecule has 0 bridgehead atoms. The van der Waals surface area contributed by atoms with E-state index in [-0.39, 0.29) is 11.2 Å². The lowest BCUT2D eigenvalue weighted by atomic mass is 10.1. The van der Waals surface area contributed by atoms with Crippen molar-refractivity contribution in [1.29, 1.82) is 0 Å². The summed E-state index contributed by atoms with van der Waals surface area (Å²) in [5.74, 6) is 0.0270. The van der Waals surface area contributed by atoms with Crippen molar-refractivity contribution in [2.24, 2.45) is 10.2 Å². The minimum atomic E-state index is -0.0317. The van der Waals surface area contributed by atoms with Gasteiger partial charge in [0, 0.05) is 0 Å². The number of nitrogens with one attached hydrogen (secondary N) is 1. The second kappa shape index (κ2) is 6.52. The summed E-state index contributed by atoms with van der Waals surface area (Å²) in [6.45, 7) is 4.03. The quantitative estimate of drug-likeness (QED) is 0.678. The minimum Gasteiger partial charge on any atom is -0.303 e. The zero-order chi connectivity index (χ0) is 13.7. The number of nitrogens with zero attached hydrogens (tertiary/aromatic N) is 2. The van der Waals surface area contributed by atoms with Gasteiger partial charge in [-0.1, -0.05) is 55.9 Å². The van der Waals surface area contributed by atoms with E-state index in [1.807, 2.05) is 44.2 Å². The largest absolute Gasteiger partial charge is 0.303 e. The molecule has 19 heavy (non-hydrogen) atoms. The Bertz CT molecular complexity index is 511. The summed E-state index contributed by atoms with van der Waals surface area (Å²) in [6.07, 6.45) is 1.61. The Morgan fingerprint density at radius 3 is 2.63 bits per heavy atom. The molecule has 1 aromatic rings. The molecule has 0 radical (unpaired) electrons. The number of thioether (sulfide) groups is 1. The van der Waals surface area contributed by atoms with Crippen LogP contribution in [-0.4, -0.2) is 22.0 Å². The van der Waals surface area contributed by atoms with Crippen molar-refractivity contribution in [2.45, 2.75) is 31.9 Å². The van der Waals surface area contributed by atoms with Gasteiger partial charge in [0.05, 0.1) is 11.0 Å². The van der Waals surface area contributed by atoms with Crippen LogP contribution in [0.5, 0.6) is 0 Å². The smallest absolute Gasteiger partial charge is 0.239 e. The fraction of sp³-hybridized carbons (Fsp3) is 0.357. The van der Waals surface area contributed by atoms with Gasteiger partial charge in [0.25, 0.3) is 0 Å². The Labute approximate surface area is 117 Å². The molecule has 1 N–H and O–H groups in total. The Hall–Kier alpha value is -1.62. The summed E-state index contributed by atoms with van der Waals surface area (Å²) in [5, 5.41) is 11.7. The molecule has 0 spiro atoms. The third-order valence-electron chi connectivity index (χ3n) is 2.85. The van der Waals surface area contributed by atoms with Crippen LogP contribution in [0.3, 0.4) is 0 Å². The number of amides is 1. The van der Waals surface area contributed by atoms with E-state index in [0.717, 1.165) is 24.1 Å². The van der Waals surface area contributed by atoms with Gasteiger partial charge in [0.1, 0.15) is 0 Å². The minimum absolute atomic E-state index is 0.0270. The van der Waals surface area contributed by atoms with E-state index in [4.69, 9.17) is 0 Å². The number of hydrogen-bond acceptors (Lipinski definition) is 4. The van der Waals surface area contributed by atoms with Gasteiger partial charge in [-0.3, -0.25) is 4.79 Å². The first-order chi connectivity index (χ1) is 9.24. The van der Waals surface area contributed by atoms with Gasteiger partial charge in [0.15, 0.2) is 5.17 Å². The van der Waals surface area contributed by atoms with Crippen LogP contribution in [0.25, 0.3) is 0 Å². The predicted molar refractivity (Wildman–Crippen MR) is 80.5 cm³/mol. The van der Waals surface area contributed by atoms with Gasteiger partial charge in [-0.25, -0.2) is 0 Å². The van der Waals surface area contributed by atoms with Crippen LogP contribution in [0.2, 0.25) is 0 Å². The summed E-state index contributed by atoms with van der Waals surface area (Å²) >= 11 is 1.45. The number of carbonyl (C=O) groups is 1. The number of carbonyl (C=O) groups excluding carboxylic acids is 1. The molecule has 1 aromatic carbocycles. The van der Waals surface area contributed by atoms with E-state index in [9.17, 15) is 4.79 Å². The predicted octanol–water partition coefficient (Wildman–Crippen LogP) is 2.80. The highest BCUT2D eigenvalue weighted by Gasteiger charge is 2.28. The third kappa shape index (κ3) is 3.44. The van der Waals surface area contributed by atoms with Crippen LogP contribution in [0.1, 0.15) is 32.3 Å². The zero-order valence-corrected chi connectivity index (χ0v) is 11.9. The van der Waals surface area contributed by atoms with E-state index < -0.39 is 0 Å². The van der Waals surface area contributed by atoms with Crippen LogP contribution in [0.4, 0.5) is 0 Å². The van der Waals surface area contributed by atoms with Gasteiger partial charge in [-0.05, 0) is 18.4 Å². The second-order valence-corrected chi connectivity index (χ2v) is 5.37. The lowest BCUT2D eigenvalue weighted by molar-refractivity contribution is -0.118. The molecule has 1 aliphatic heterocycles. The molecule has 1 amide bonds. The molecule has 2 rings (SSSR count). The highest BCUT2D eigenvalue weighted by Crippen LogP contribution is 2.22. The lowest BCUT2D eigenvalue weighted by Gasteiger charge is -2.01. The topological polar surface area (TPSA) is 53.8 Å². The maximum Gasteiger partial charge on any atom is 0.239 e. The van der Waals surface area contributed by atoms with E-state index in [1.54, 1.807) is 0 Å². The van der Waals surface area contributed by atoms with E-state index in [0.29, 0.717) is 5.17 Å². The van der Waals surface area contributed by atoms with Crippen molar-refractivity contribution >= 4 is 28.5 Å². The molecular formula is C14H17N3OS. The van der Waals surface area contributed by atoms with Crippen LogP contribution in [-0.2, 0) is 4.79 Å². The monoisotopic (exact) mass is 275 g/mol. The van der Waals surface area contributed by atoms with Crippen LogP contribution >= 0.6 is 11.8 Å². The molecule has 0 aliphatic carbocycles. The maximum absolute atomic E-state index is 11.5. The number of benzene rings is 1. The van der Waals surface area contributed by atoms with Crippen molar-refractivity contribution in [3.63, 3.8) is 0 Å². The highest BCUT2D eigenvalue weighted by atomic mass is 32.2. The lowest BCUT2D eigenvalue weighted by Crippen LogP contribution is -2.24. The molecular weight excluding hydrogens is 258 g/mol. The van der Waals surface area contributed by atoms with E-state index in [2.05, 4.69) is 15.5 Å². The van der Waals surface area contributed by atoms with Crippen molar-refractivity contribution < 1.29 is 4.79 Å². The van der Waals surface area contributed by atoms with Crippen LogP contribution in [0, 0.1) is 0 Å². The van der Waals surface area contributed by atoms with E-state index >= 15 is 0 Å². The van der Waals surface area contributed by atoms with Crippen LogP contribution < -0.4 is 5.32 Å². The summed E-state index contributed by atoms with van der Waals surface area (Å²) in [5.41, 5.74) is 1.98. The number of amidine groups is 1. The number of hydrogen-bond donors (Lipinski definition) is 1.